The van der Waals surface area contributed by atoms with Crippen molar-refractivity contribution in [3.63, 3.8) is 0 Å². The highest BCUT2D eigenvalue weighted by molar-refractivity contribution is 8.00. The van der Waals surface area contributed by atoms with Crippen LogP contribution in [0.3, 0.4) is 0 Å². The number of aromatic nitrogens is 2. The number of hydrogen-bond acceptors (Lipinski definition) is 5. The van der Waals surface area contributed by atoms with Gasteiger partial charge >= 0.3 is 0 Å². The van der Waals surface area contributed by atoms with E-state index in [1.54, 1.807) is 12.0 Å². The molecule has 0 bridgehead atoms. The molecular formula is C32H34N4O3S. The van der Waals surface area contributed by atoms with E-state index in [0.29, 0.717) is 12.4 Å². The Bertz CT molecular complexity index is 1530. The summed E-state index contributed by atoms with van der Waals surface area (Å²) in [6.07, 6.45) is 0.815. The van der Waals surface area contributed by atoms with Gasteiger partial charge in [-0.1, -0.05) is 73.2 Å². The van der Waals surface area contributed by atoms with Crippen molar-refractivity contribution in [1.82, 2.24) is 15.1 Å². The van der Waals surface area contributed by atoms with Gasteiger partial charge in [-0.25, -0.2) is 4.68 Å². The van der Waals surface area contributed by atoms with Crippen molar-refractivity contribution in [2.45, 2.75) is 32.4 Å². The molecule has 40 heavy (non-hydrogen) atoms. The lowest BCUT2D eigenvalue weighted by atomic mass is 9.99. The van der Waals surface area contributed by atoms with Crippen molar-refractivity contribution in [3.05, 3.63) is 95.1 Å². The second-order valence-corrected chi connectivity index (χ2v) is 11.0. The average Bonchev–Trinajstić information content (AvgIpc) is 3.28. The number of anilines is 1. The Balaban J connectivity index is 1.83. The Hall–Kier alpha value is -4.04. The van der Waals surface area contributed by atoms with E-state index in [4.69, 9.17) is 9.84 Å². The fourth-order valence-corrected chi connectivity index (χ4v) is 6.35. The maximum absolute atomic E-state index is 13.8. The van der Waals surface area contributed by atoms with E-state index in [2.05, 4.69) is 18.3 Å². The fraction of sp³-hybridized carbons (Fsp3) is 0.281. The second kappa shape index (κ2) is 12.0. The summed E-state index contributed by atoms with van der Waals surface area (Å²) in [5.74, 6) is 1.23. The molecule has 1 atom stereocenters. The molecule has 1 unspecified atom stereocenters. The highest BCUT2D eigenvalue weighted by Gasteiger charge is 2.38. The molecule has 4 aromatic rings. The summed E-state index contributed by atoms with van der Waals surface area (Å²) >= 11 is 1.53. The molecule has 0 aliphatic carbocycles. The first-order valence-corrected chi connectivity index (χ1v) is 14.5. The molecule has 5 rings (SSSR count). The molecule has 1 N–H and O–H groups in total. The van der Waals surface area contributed by atoms with Gasteiger partial charge in [0.25, 0.3) is 0 Å². The number of carbonyl (C=O) groups excluding carboxylic acids is 2. The average molecular weight is 555 g/mol. The van der Waals surface area contributed by atoms with Gasteiger partial charge in [-0.15, -0.1) is 11.8 Å². The number of aryl methyl sites for hydroxylation is 2. The van der Waals surface area contributed by atoms with E-state index < -0.39 is 0 Å². The third-order valence-electron chi connectivity index (χ3n) is 7.01. The summed E-state index contributed by atoms with van der Waals surface area (Å²) in [5, 5.41) is 7.87. The minimum Gasteiger partial charge on any atom is -0.496 e. The zero-order valence-electron chi connectivity index (χ0n) is 23.3. The van der Waals surface area contributed by atoms with Crippen molar-refractivity contribution in [2.24, 2.45) is 0 Å². The first kappa shape index (κ1) is 27.5. The molecule has 0 spiro atoms. The van der Waals surface area contributed by atoms with E-state index >= 15 is 0 Å². The van der Waals surface area contributed by atoms with Crippen LogP contribution in [0.4, 0.5) is 5.82 Å². The van der Waals surface area contributed by atoms with Crippen LogP contribution in [0.15, 0.2) is 72.8 Å². The molecule has 0 fully saturated rings. The second-order valence-electron chi connectivity index (χ2n) is 9.92. The molecule has 1 aliphatic rings. The third kappa shape index (κ3) is 5.36. The van der Waals surface area contributed by atoms with Crippen LogP contribution in [0, 0.1) is 13.8 Å². The Kier molecular flexibility index (Phi) is 8.26. The Morgan fingerprint density at radius 2 is 1.82 bits per heavy atom. The first-order valence-electron chi connectivity index (χ1n) is 13.5. The Morgan fingerprint density at radius 3 is 2.55 bits per heavy atom. The lowest BCUT2D eigenvalue weighted by Gasteiger charge is -2.24. The number of methoxy groups -OCH3 is 1. The minimum atomic E-state index is -0.256. The number of carbonyl (C=O) groups is 2. The summed E-state index contributed by atoms with van der Waals surface area (Å²) in [4.78, 5) is 28.5. The lowest BCUT2D eigenvalue weighted by molar-refractivity contribution is -0.122. The summed E-state index contributed by atoms with van der Waals surface area (Å²) in [7, 11) is 1.66. The van der Waals surface area contributed by atoms with Crippen LogP contribution in [0.1, 0.15) is 40.8 Å². The predicted molar refractivity (Wildman–Crippen MR) is 161 cm³/mol. The Labute approximate surface area is 239 Å². The van der Waals surface area contributed by atoms with E-state index in [-0.39, 0.29) is 29.4 Å². The fourth-order valence-electron chi connectivity index (χ4n) is 5.13. The molecule has 0 saturated carbocycles. The van der Waals surface area contributed by atoms with Crippen LogP contribution in [-0.2, 0) is 9.59 Å². The number of benzene rings is 3. The van der Waals surface area contributed by atoms with Gasteiger partial charge < -0.3 is 10.1 Å². The largest absolute Gasteiger partial charge is 0.496 e. The monoisotopic (exact) mass is 554 g/mol. The molecule has 2 amide bonds. The van der Waals surface area contributed by atoms with E-state index in [1.165, 1.54) is 11.8 Å². The molecule has 8 heteroatoms. The van der Waals surface area contributed by atoms with Crippen LogP contribution < -0.4 is 15.0 Å². The summed E-state index contributed by atoms with van der Waals surface area (Å²) in [6.45, 7) is 6.57. The topological polar surface area (TPSA) is 76.5 Å². The number of para-hydroxylation sites is 1. The zero-order valence-corrected chi connectivity index (χ0v) is 24.1. The quantitative estimate of drug-likeness (QED) is 0.295. The van der Waals surface area contributed by atoms with E-state index in [0.717, 1.165) is 51.4 Å². The lowest BCUT2D eigenvalue weighted by Crippen LogP contribution is -2.42. The van der Waals surface area contributed by atoms with Crippen LogP contribution in [-0.4, -0.2) is 47.5 Å². The highest BCUT2D eigenvalue weighted by Crippen LogP contribution is 2.50. The molecular weight excluding hydrogens is 520 g/mol. The van der Waals surface area contributed by atoms with Crippen LogP contribution in [0.5, 0.6) is 5.75 Å². The number of nitrogens with one attached hydrogen (secondary N) is 1. The highest BCUT2D eigenvalue weighted by atomic mass is 32.2. The number of thioether (sulfide) groups is 1. The molecule has 0 radical (unpaired) electrons. The van der Waals surface area contributed by atoms with E-state index in [1.807, 2.05) is 85.3 Å². The molecule has 3 aromatic carbocycles. The van der Waals surface area contributed by atoms with Gasteiger partial charge in [0.15, 0.2) is 0 Å². The van der Waals surface area contributed by atoms with Crippen LogP contribution >= 0.6 is 11.8 Å². The number of fused-ring (bicyclic) bond motifs is 1. The molecule has 1 aliphatic heterocycles. The molecule has 2 heterocycles. The van der Waals surface area contributed by atoms with Gasteiger partial charge in [0, 0.05) is 23.2 Å². The number of rotatable bonds is 8. The number of ether oxygens (including phenoxy) is 1. The van der Waals surface area contributed by atoms with Gasteiger partial charge in [-0.2, -0.15) is 5.10 Å². The summed E-state index contributed by atoms with van der Waals surface area (Å²) < 4.78 is 7.64. The van der Waals surface area contributed by atoms with Crippen LogP contribution in [0.2, 0.25) is 0 Å². The van der Waals surface area contributed by atoms with Crippen molar-refractivity contribution in [3.8, 4) is 22.7 Å². The normalized spacial score (nSPS) is 14.9. The van der Waals surface area contributed by atoms with Gasteiger partial charge in [0.2, 0.25) is 11.8 Å². The summed E-state index contributed by atoms with van der Waals surface area (Å²) in [6, 6.07) is 24.1. The smallest absolute Gasteiger partial charge is 0.240 e. The molecule has 206 valence electrons. The molecule has 1 aromatic heterocycles. The van der Waals surface area contributed by atoms with Crippen molar-refractivity contribution >= 4 is 29.4 Å². The van der Waals surface area contributed by atoms with Crippen molar-refractivity contribution in [1.29, 1.82) is 0 Å². The van der Waals surface area contributed by atoms with Gasteiger partial charge in [-0.05, 0) is 38.0 Å². The number of amides is 2. The van der Waals surface area contributed by atoms with Crippen LogP contribution in [0.25, 0.3) is 16.9 Å². The third-order valence-corrected chi connectivity index (χ3v) is 8.25. The van der Waals surface area contributed by atoms with E-state index in [9.17, 15) is 9.59 Å². The maximum Gasteiger partial charge on any atom is 0.240 e. The first-order chi connectivity index (χ1) is 19.4. The minimum absolute atomic E-state index is 0.0874. The van der Waals surface area contributed by atoms with Gasteiger partial charge in [0.05, 0.1) is 29.5 Å². The zero-order chi connectivity index (χ0) is 28.2. The van der Waals surface area contributed by atoms with Crippen molar-refractivity contribution in [2.75, 3.05) is 30.9 Å². The Morgan fingerprint density at radius 1 is 1.07 bits per heavy atom. The number of hydrogen-bond donors (Lipinski definition) is 1. The SMILES string of the molecule is CCCNC(=O)CN1C(=O)CSC(c2ccccc2OC)c2c(-c3ccccc3)nn(-c3ccc(C)cc3C)c21. The maximum atomic E-state index is 13.8. The predicted octanol–water partition coefficient (Wildman–Crippen LogP) is 5.86. The van der Waals surface area contributed by atoms with Gasteiger partial charge in [0.1, 0.15) is 18.1 Å². The number of nitrogens with zero attached hydrogens (tertiary/aromatic N) is 3. The molecule has 7 nitrogen and oxygen atoms in total. The van der Waals surface area contributed by atoms with Crippen molar-refractivity contribution < 1.29 is 14.3 Å². The standard InChI is InChI=1S/C32H34N4O3S/c1-5-17-33-27(37)19-35-28(38)20-40-31(24-13-9-10-14-26(24)39-4)29-30(23-11-7-6-8-12-23)34-36(32(29)35)25-16-15-21(2)18-22(25)3/h6-16,18,31H,5,17,19-20H2,1-4H3,(H,33,37). The molecule has 0 saturated heterocycles. The summed E-state index contributed by atoms with van der Waals surface area (Å²) in [5.41, 5.74) is 6.57. The van der Waals surface area contributed by atoms with Gasteiger partial charge in [-0.3, -0.25) is 14.5 Å².